The molecule has 62 heavy (non-hydrogen) atoms. The Morgan fingerprint density at radius 3 is 2.39 bits per heavy atom. The number of carbonyl (C=O) groups excluding carboxylic acids is 3. The van der Waals surface area contributed by atoms with Crippen molar-refractivity contribution in [2.24, 2.45) is 13.0 Å². The zero-order valence-corrected chi connectivity index (χ0v) is 34.0. The van der Waals surface area contributed by atoms with Gasteiger partial charge in [-0.15, -0.1) is 0 Å². The number of hydrogen-bond donors (Lipinski definition) is 3. The van der Waals surface area contributed by atoms with Gasteiger partial charge in [-0.05, 0) is 79.8 Å². The summed E-state index contributed by atoms with van der Waals surface area (Å²) in [6.07, 6.45) is 10.2. The zero-order valence-electron chi connectivity index (χ0n) is 34.0. The number of benzene rings is 3. The number of halogens is 3. The van der Waals surface area contributed by atoms with Crippen molar-refractivity contribution in [1.29, 1.82) is 0 Å². The van der Waals surface area contributed by atoms with E-state index in [2.05, 4.69) is 20.4 Å². The number of rotatable bonds is 10. The second kappa shape index (κ2) is 16.7. The minimum absolute atomic E-state index is 0.108. The van der Waals surface area contributed by atoms with E-state index in [1.807, 2.05) is 59.7 Å². The summed E-state index contributed by atoms with van der Waals surface area (Å²) in [5.74, 6) is -7.14. The molecule has 1 atom stereocenters. The molecule has 18 heteroatoms. The molecular weight excluding hydrogens is 806 g/mol. The minimum atomic E-state index is -1.79. The van der Waals surface area contributed by atoms with Crippen LogP contribution >= 0.6 is 0 Å². The predicted molar refractivity (Wildman–Crippen MR) is 223 cm³/mol. The number of fused-ring (bicyclic) bond motifs is 2. The highest BCUT2D eigenvalue weighted by Gasteiger charge is 2.32. The van der Waals surface area contributed by atoms with Gasteiger partial charge in [-0.25, -0.2) is 23.5 Å². The third kappa shape index (κ3) is 7.89. The van der Waals surface area contributed by atoms with Gasteiger partial charge in [-0.1, -0.05) is 18.2 Å². The van der Waals surface area contributed by atoms with E-state index in [9.17, 15) is 37.5 Å². The number of nitrogens with zero attached hydrogens (tertiary/aromatic N) is 8. The van der Waals surface area contributed by atoms with Crippen molar-refractivity contribution in [3.63, 3.8) is 0 Å². The van der Waals surface area contributed by atoms with Gasteiger partial charge in [0, 0.05) is 82.3 Å². The number of piperazine rings is 1. The number of piperidine rings is 1. The molecule has 0 radical (unpaired) electrons. The van der Waals surface area contributed by atoms with Crippen LogP contribution in [0.1, 0.15) is 66.5 Å². The van der Waals surface area contributed by atoms with Crippen LogP contribution in [0.2, 0.25) is 0 Å². The van der Waals surface area contributed by atoms with Crippen molar-refractivity contribution < 1.29 is 32.7 Å². The van der Waals surface area contributed by atoms with Gasteiger partial charge in [0.15, 0.2) is 17.4 Å². The molecule has 0 spiro atoms. The molecule has 1 saturated carbocycles. The van der Waals surface area contributed by atoms with E-state index in [1.54, 1.807) is 11.6 Å². The Balaban J connectivity index is 0.755. The van der Waals surface area contributed by atoms with Crippen molar-refractivity contribution >= 4 is 45.6 Å². The summed E-state index contributed by atoms with van der Waals surface area (Å²) >= 11 is 0. The van der Waals surface area contributed by atoms with Crippen molar-refractivity contribution in [2.45, 2.75) is 57.0 Å². The first-order chi connectivity index (χ1) is 29.9. The third-order valence-corrected chi connectivity index (χ3v) is 12.7. The molecular formula is C44H45F3N10O5. The average Bonchev–Trinajstić information content (AvgIpc) is 3.83. The first kappa shape index (κ1) is 40.8. The van der Waals surface area contributed by atoms with Crippen LogP contribution in [0.25, 0.3) is 33.1 Å². The van der Waals surface area contributed by atoms with Gasteiger partial charge < -0.3 is 15.3 Å². The van der Waals surface area contributed by atoms with E-state index in [4.69, 9.17) is 15.1 Å². The van der Waals surface area contributed by atoms with Crippen LogP contribution in [-0.2, 0) is 23.1 Å². The Bertz CT molecular complexity index is 2770. The molecule has 2 saturated heterocycles. The molecule has 0 unspecified atom stereocenters. The highest BCUT2D eigenvalue weighted by Crippen LogP contribution is 2.34. The first-order valence-electron chi connectivity index (χ1n) is 20.9. The summed E-state index contributed by atoms with van der Waals surface area (Å²) < 4.78 is 46.7. The quantitative estimate of drug-likeness (QED) is 0.129. The summed E-state index contributed by atoms with van der Waals surface area (Å²) in [6.45, 7) is 4.34. The monoisotopic (exact) mass is 850 g/mol. The van der Waals surface area contributed by atoms with Crippen LogP contribution in [0.5, 0.6) is 5.75 Å². The van der Waals surface area contributed by atoms with Gasteiger partial charge in [0.2, 0.25) is 23.6 Å². The lowest BCUT2D eigenvalue weighted by atomic mass is 9.86. The van der Waals surface area contributed by atoms with Crippen molar-refractivity contribution in [3.8, 4) is 16.9 Å². The van der Waals surface area contributed by atoms with Gasteiger partial charge in [0.25, 0.3) is 5.91 Å². The molecule has 9 rings (SSSR count). The topological polar surface area (TPSA) is 173 Å². The van der Waals surface area contributed by atoms with E-state index in [1.165, 1.54) is 4.57 Å². The summed E-state index contributed by atoms with van der Waals surface area (Å²) in [7, 11) is 1.71. The number of aryl methyl sites for hydroxylation is 1. The minimum Gasteiger partial charge on any atom is -0.503 e. The van der Waals surface area contributed by atoms with E-state index in [0.29, 0.717) is 24.0 Å². The lowest BCUT2D eigenvalue weighted by Crippen LogP contribution is -2.47. The van der Waals surface area contributed by atoms with Gasteiger partial charge in [-0.2, -0.15) is 9.49 Å². The third-order valence-electron chi connectivity index (χ3n) is 12.7. The average molecular weight is 851 g/mol. The smallest absolute Gasteiger partial charge is 0.329 e. The Hall–Kier alpha value is -6.56. The Labute approximate surface area is 353 Å². The fourth-order valence-corrected chi connectivity index (χ4v) is 8.98. The molecule has 5 heterocycles. The van der Waals surface area contributed by atoms with Crippen LogP contribution in [0.4, 0.5) is 19.1 Å². The number of imidazole rings is 1. The number of anilines is 1. The van der Waals surface area contributed by atoms with Crippen LogP contribution < -0.4 is 21.2 Å². The molecule has 322 valence electrons. The molecule has 2 aliphatic heterocycles. The molecule has 6 aromatic rings. The number of phenolic OH excluding ortho intramolecular Hbond substituents is 1. The zero-order chi connectivity index (χ0) is 43.2. The van der Waals surface area contributed by atoms with Crippen molar-refractivity contribution in [2.75, 3.05) is 44.2 Å². The fraction of sp³-hybridized carbons (Fsp3) is 0.386. The second-order valence-electron chi connectivity index (χ2n) is 16.5. The maximum absolute atomic E-state index is 14.1. The molecule has 3 N–H and O–H groups in total. The van der Waals surface area contributed by atoms with Crippen LogP contribution in [0, 0.1) is 23.4 Å². The van der Waals surface area contributed by atoms with E-state index < -0.39 is 46.6 Å². The molecule has 3 amide bonds. The maximum atomic E-state index is 14.1. The molecule has 0 bridgehead atoms. The number of imide groups is 1. The van der Waals surface area contributed by atoms with E-state index >= 15 is 0 Å². The van der Waals surface area contributed by atoms with E-state index in [-0.39, 0.29) is 36.5 Å². The lowest BCUT2D eigenvalue weighted by molar-refractivity contribution is -0.135. The Morgan fingerprint density at radius 1 is 0.887 bits per heavy atom. The number of nitrogens with one attached hydrogen (secondary N) is 2. The molecule has 3 aromatic carbocycles. The number of carbonyl (C=O) groups is 3. The van der Waals surface area contributed by atoms with Crippen LogP contribution in [0.3, 0.4) is 0 Å². The first-order valence-corrected chi connectivity index (χ1v) is 20.9. The van der Waals surface area contributed by atoms with Crippen molar-refractivity contribution in [3.05, 3.63) is 100 Å². The van der Waals surface area contributed by atoms with Gasteiger partial charge in [0.1, 0.15) is 6.04 Å². The largest absolute Gasteiger partial charge is 0.503 e. The van der Waals surface area contributed by atoms with E-state index in [0.717, 1.165) is 97.9 Å². The van der Waals surface area contributed by atoms with Gasteiger partial charge >= 0.3 is 5.69 Å². The molecule has 3 aromatic heterocycles. The predicted octanol–water partition coefficient (Wildman–Crippen LogP) is 4.77. The number of phenols is 1. The highest BCUT2D eigenvalue weighted by molar-refractivity contribution is 6.00. The van der Waals surface area contributed by atoms with Crippen LogP contribution in [0.15, 0.2) is 65.8 Å². The number of aromatic nitrogens is 6. The summed E-state index contributed by atoms with van der Waals surface area (Å²) in [6, 6.07) is 12.0. The molecule has 1 aliphatic carbocycles. The SMILES string of the molecule is Cn1c(=O)n([C@@H]2CCC(=O)NC2=O)c2ccc(CCN3CCN(c4ncc(-c5ccc6cn(C7CCC(CNC(=O)c8cc(F)c(O)c(F)c8F)CC7)nc6c5)cn4)CC3)cc21. The molecule has 3 aliphatic rings. The number of amides is 3. The number of aromatic hydroxyl groups is 1. The standard InChI is InChI=1S/C44H45F3N10O5/c1-53-36-18-25(4-9-34(36)57(44(53)62)35-10-11-37(58)51-42(35)61)12-13-54-14-16-55(17-15-54)43-49-22-29(23-50-43)27-5-6-28-24-56(52-33(28)19-27)30-7-2-26(3-8-30)21-48-41(60)31-20-32(45)40(59)39(47)38(31)46/h4-6,9,18-20,22-24,26,30,35,59H,2-3,7-8,10-17,21H2,1H3,(H,48,60)(H,51,58,61)/t26?,30?,35-/m1/s1. The maximum Gasteiger partial charge on any atom is 0.329 e. The van der Waals surface area contributed by atoms with Gasteiger partial charge in [-0.3, -0.25) is 38.4 Å². The summed E-state index contributed by atoms with van der Waals surface area (Å²) in [5.41, 5.74) is 4.15. The van der Waals surface area contributed by atoms with Crippen molar-refractivity contribution in [1.82, 2.24) is 44.4 Å². The summed E-state index contributed by atoms with van der Waals surface area (Å²) in [5, 5.41) is 20.1. The second-order valence-corrected chi connectivity index (χ2v) is 16.5. The Kier molecular flexibility index (Phi) is 11.0. The van der Waals surface area contributed by atoms with Gasteiger partial charge in [0.05, 0.1) is 28.2 Å². The normalized spacial score (nSPS) is 19.9. The lowest BCUT2D eigenvalue weighted by Gasteiger charge is -2.34. The Morgan fingerprint density at radius 2 is 1.65 bits per heavy atom. The fourth-order valence-electron chi connectivity index (χ4n) is 8.98. The highest BCUT2D eigenvalue weighted by atomic mass is 19.2. The molecule has 15 nitrogen and oxygen atoms in total. The summed E-state index contributed by atoms with van der Waals surface area (Å²) in [4.78, 5) is 63.9. The van der Waals surface area contributed by atoms with Crippen LogP contribution in [-0.4, -0.2) is 95.9 Å². The molecule has 3 fully saturated rings. The number of hydrogen-bond acceptors (Lipinski definition) is 10.